The summed E-state index contributed by atoms with van der Waals surface area (Å²) in [6, 6.07) is 29.2. The maximum Gasteiger partial charge on any atom is 0.343 e. The predicted molar refractivity (Wildman–Crippen MR) is 180 cm³/mol. The molecule has 0 N–H and O–H groups in total. The van der Waals surface area contributed by atoms with Crippen LogP contribution in [-0.2, 0) is 19.1 Å². The summed E-state index contributed by atoms with van der Waals surface area (Å²) in [5.41, 5.74) is 5.32. The van der Waals surface area contributed by atoms with Crippen molar-refractivity contribution in [3.05, 3.63) is 135 Å². The molecule has 3 aliphatic carbocycles. The standard InChI is InChI=1S/C39H32BrNO7/c40-25-17-13-24(14-18-25)39(46)48-26-19-15-23(16-20-26)31(42)22-47-32(43)12-2-1-7-21-41-37(44)35-33-27-8-3-4-9-28(27)34(36(35)38(41)45)30-11-6-5-10-29(30)33/h3-6,8-11,13-20,33-36H,1-2,7,12,21-22H2/t33?,34?,35-,36-/m0/s1. The van der Waals surface area contributed by atoms with Gasteiger partial charge in [0.25, 0.3) is 0 Å². The Kier molecular flexibility index (Phi) is 8.79. The molecule has 8 rings (SSSR count). The lowest BCUT2D eigenvalue weighted by atomic mass is 9.55. The van der Waals surface area contributed by atoms with Gasteiger partial charge in [-0.25, -0.2) is 4.79 Å². The van der Waals surface area contributed by atoms with Crippen LogP contribution in [0.1, 0.15) is 80.5 Å². The third kappa shape index (κ3) is 5.87. The molecule has 4 aromatic rings. The number of carbonyl (C=O) groups excluding carboxylic acids is 5. The fraction of sp³-hybridized carbons (Fsp3) is 0.256. The van der Waals surface area contributed by atoms with Gasteiger partial charge in [0.05, 0.1) is 17.4 Å². The van der Waals surface area contributed by atoms with Gasteiger partial charge in [-0.1, -0.05) is 70.9 Å². The first kappa shape index (κ1) is 31.7. The second-order valence-electron chi connectivity index (χ2n) is 12.4. The summed E-state index contributed by atoms with van der Waals surface area (Å²) < 4.78 is 11.4. The maximum atomic E-state index is 13.7. The number of unbranched alkanes of at least 4 members (excludes halogenated alkanes) is 2. The lowest BCUT2D eigenvalue weighted by Crippen LogP contribution is -2.41. The van der Waals surface area contributed by atoms with Crippen LogP contribution in [0.15, 0.2) is 102 Å². The van der Waals surface area contributed by atoms with E-state index in [0.29, 0.717) is 36.9 Å². The Bertz CT molecular complexity index is 1800. The molecular weight excluding hydrogens is 674 g/mol. The van der Waals surface area contributed by atoms with Crippen LogP contribution in [0.4, 0.5) is 0 Å². The Morgan fingerprint density at radius 2 is 1.17 bits per heavy atom. The highest BCUT2D eigenvalue weighted by molar-refractivity contribution is 9.10. The Balaban J connectivity index is 0.859. The quantitative estimate of drug-likeness (QED) is 0.0553. The maximum absolute atomic E-state index is 13.7. The van der Waals surface area contributed by atoms with Crippen LogP contribution in [0.5, 0.6) is 5.75 Å². The van der Waals surface area contributed by atoms with E-state index in [1.807, 2.05) is 24.3 Å². The Labute approximate surface area is 286 Å². The molecule has 0 unspecified atom stereocenters. The van der Waals surface area contributed by atoms with Crippen molar-refractivity contribution in [1.82, 2.24) is 4.90 Å². The van der Waals surface area contributed by atoms with E-state index in [1.165, 1.54) is 29.2 Å². The molecule has 0 radical (unpaired) electrons. The number of esters is 2. The van der Waals surface area contributed by atoms with Crippen LogP contribution >= 0.6 is 15.9 Å². The number of ether oxygens (including phenoxy) is 2. The Hall–Kier alpha value is -4.89. The topological polar surface area (TPSA) is 107 Å². The van der Waals surface area contributed by atoms with Gasteiger partial charge in [-0.05, 0) is 83.6 Å². The number of nitrogens with zero attached hydrogens (tertiary/aromatic N) is 1. The fourth-order valence-electron chi connectivity index (χ4n) is 7.44. The Morgan fingerprint density at radius 1 is 0.646 bits per heavy atom. The Morgan fingerprint density at radius 3 is 1.71 bits per heavy atom. The van der Waals surface area contributed by atoms with E-state index in [2.05, 4.69) is 40.2 Å². The zero-order valence-electron chi connectivity index (χ0n) is 26.0. The van der Waals surface area contributed by atoms with E-state index in [1.54, 1.807) is 24.3 Å². The molecule has 2 atom stereocenters. The van der Waals surface area contributed by atoms with Crippen LogP contribution in [0.25, 0.3) is 0 Å². The van der Waals surface area contributed by atoms with Crippen LogP contribution in [0, 0.1) is 11.8 Å². The molecule has 0 aromatic heterocycles. The van der Waals surface area contributed by atoms with E-state index in [4.69, 9.17) is 9.47 Å². The highest BCUT2D eigenvalue weighted by Gasteiger charge is 2.61. The van der Waals surface area contributed by atoms with E-state index >= 15 is 0 Å². The number of likely N-dealkylation sites (tertiary alicyclic amines) is 1. The lowest BCUT2D eigenvalue weighted by molar-refractivity contribution is -0.143. The van der Waals surface area contributed by atoms with Crippen molar-refractivity contribution in [2.45, 2.75) is 37.5 Å². The van der Waals surface area contributed by atoms with Crippen molar-refractivity contribution in [1.29, 1.82) is 0 Å². The van der Waals surface area contributed by atoms with E-state index in [-0.39, 0.29) is 53.4 Å². The molecule has 1 aliphatic heterocycles. The first-order valence-electron chi connectivity index (χ1n) is 16.1. The average molecular weight is 707 g/mol. The number of amides is 2. The van der Waals surface area contributed by atoms with Crippen molar-refractivity contribution in [2.75, 3.05) is 13.2 Å². The second kappa shape index (κ2) is 13.3. The number of imide groups is 1. The van der Waals surface area contributed by atoms with Crippen molar-refractivity contribution >= 4 is 45.5 Å². The molecule has 1 heterocycles. The molecule has 48 heavy (non-hydrogen) atoms. The van der Waals surface area contributed by atoms with Crippen LogP contribution in [0.3, 0.4) is 0 Å². The van der Waals surface area contributed by atoms with Gasteiger partial charge in [-0.2, -0.15) is 0 Å². The minimum absolute atomic E-state index is 0.0993. The second-order valence-corrected chi connectivity index (χ2v) is 13.3. The van der Waals surface area contributed by atoms with E-state index in [0.717, 1.165) is 26.7 Å². The van der Waals surface area contributed by atoms with Crippen LogP contribution in [-0.4, -0.2) is 47.6 Å². The van der Waals surface area contributed by atoms with Crippen LogP contribution < -0.4 is 4.74 Å². The lowest BCUT2D eigenvalue weighted by Gasteiger charge is -2.45. The highest BCUT2D eigenvalue weighted by Crippen LogP contribution is 2.60. The SMILES string of the molecule is O=C(CCCCCN1C(=O)[C@H]2C3c4ccccc4C(c4ccccc43)[C@@H]2C1=O)OCC(=O)c1ccc(OC(=O)c2ccc(Br)cc2)cc1. The summed E-state index contributed by atoms with van der Waals surface area (Å²) in [5, 5.41) is 0. The normalized spacial score (nSPS) is 20.1. The molecule has 2 bridgehead atoms. The summed E-state index contributed by atoms with van der Waals surface area (Å²) >= 11 is 3.32. The molecule has 2 amide bonds. The van der Waals surface area contributed by atoms with Gasteiger partial charge in [-0.3, -0.25) is 24.1 Å². The van der Waals surface area contributed by atoms with Crippen molar-refractivity contribution in [2.24, 2.45) is 11.8 Å². The molecule has 1 fully saturated rings. The minimum Gasteiger partial charge on any atom is -0.457 e. The first-order chi connectivity index (χ1) is 23.3. The van der Waals surface area contributed by atoms with Gasteiger partial charge < -0.3 is 9.47 Å². The third-order valence-corrected chi connectivity index (χ3v) is 10.2. The van der Waals surface area contributed by atoms with Crippen LogP contribution in [0.2, 0.25) is 0 Å². The summed E-state index contributed by atoms with van der Waals surface area (Å²) in [6.45, 7) is -0.0811. The summed E-state index contributed by atoms with van der Waals surface area (Å²) in [7, 11) is 0. The zero-order chi connectivity index (χ0) is 33.4. The summed E-state index contributed by atoms with van der Waals surface area (Å²) in [5.74, 6) is -2.31. The monoisotopic (exact) mass is 705 g/mol. The number of Topliss-reactive ketones (excluding diaryl/α,β-unsaturated/α-hetero) is 1. The molecule has 0 spiro atoms. The molecule has 242 valence electrons. The van der Waals surface area contributed by atoms with Crippen molar-refractivity contribution in [3.8, 4) is 5.75 Å². The summed E-state index contributed by atoms with van der Waals surface area (Å²) in [4.78, 5) is 66.1. The number of ketones is 1. The molecule has 4 aromatic carbocycles. The largest absolute Gasteiger partial charge is 0.457 e. The van der Waals surface area contributed by atoms with Gasteiger partial charge >= 0.3 is 11.9 Å². The van der Waals surface area contributed by atoms with Gasteiger partial charge in [-0.15, -0.1) is 0 Å². The smallest absolute Gasteiger partial charge is 0.343 e. The molecule has 4 aliphatic rings. The number of hydrogen-bond acceptors (Lipinski definition) is 7. The fourth-order valence-corrected chi connectivity index (χ4v) is 7.70. The molecular formula is C39H32BrNO7. The number of hydrogen-bond donors (Lipinski definition) is 0. The summed E-state index contributed by atoms with van der Waals surface area (Å²) in [6.07, 6.45) is 1.84. The average Bonchev–Trinajstić information content (AvgIpc) is 3.36. The number of halogens is 1. The van der Waals surface area contributed by atoms with E-state index in [9.17, 15) is 24.0 Å². The van der Waals surface area contributed by atoms with Gasteiger partial charge in [0.15, 0.2) is 12.4 Å². The van der Waals surface area contributed by atoms with Gasteiger partial charge in [0.2, 0.25) is 11.8 Å². The first-order valence-corrected chi connectivity index (χ1v) is 16.9. The molecule has 1 saturated heterocycles. The van der Waals surface area contributed by atoms with Gasteiger partial charge in [0.1, 0.15) is 5.75 Å². The van der Waals surface area contributed by atoms with E-state index < -0.39 is 18.5 Å². The highest BCUT2D eigenvalue weighted by atomic mass is 79.9. The zero-order valence-corrected chi connectivity index (χ0v) is 27.6. The van der Waals surface area contributed by atoms with Crippen molar-refractivity contribution in [3.63, 3.8) is 0 Å². The number of carbonyl (C=O) groups is 5. The molecule has 0 saturated carbocycles. The number of benzene rings is 4. The van der Waals surface area contributed by atoms with Crippen molar-refractivity contribution < 1.29 is 33.4 Å². The van der Waals surface area contributed by atoms with Gasteiger partial charge in [0, 0.05) is 34.8 Å². The predicted octanol–water partition coefficient (Wildman–Crippen LogP) is 6.85. The molecule has 8 nitrogen and oxygen atoms in total. The minimum atomic E-state index is -0.518. The third-order valence-electron chi connectivity index (χ3n) is 9.63. The molecule has 9 heteroatoms. The number of rotatable bonds is 11.